The van der Waals surface area contributed by atoms with E-state index in [2.05, 4.69) is 25.8 Å². The van der Waals surface area contributed by atoms with E-state index in [0.29, 0.717) is 12.8 Å². The van der Waals surface area contributed by atoms with Crippen molar-refractivity contribution in [2.24, 2.45) is 5.92 Å². The topological polar surface area (TPSA) is 46.5 Å². The summed E-state index contributed by atoms with van der Waals surface area (Å²) >= 11 is 0. The molecule has 3 fully saturated rings. The van der Waals surface area contributed by atoms with E-state index < -0.39 is 17.1 Å². The molecule has 0 aromatic heterocycles. The van der Waals surface area contributed by atoms with Gasteiger partial charge in [0.2, 0.25) is 0 Å². The minimum absolute atomic E-state index is 0.152. The predicted octanol–water partition coefficient (Wildman–Crippen LogP) is 2.61. The molecular formula is C23H28NO3+. The summed E-state index contributed by atoms with van der Waals surface area (Å²) in [7, 11) is 2.35. The van der Waals surface area contributed by atoms with Gasteiger partial charge < -0.3 is 14.3 Å². The molecule has 5 atom stereocenters. The normalized spacial score (nSPS) is 43.9. The number of aliphatic hydroxyl groups is 1. The summed E-state index contributed by atoms with van der Waals surface area (Å²) in [6.07, 6.45) is 6.67. The first-order chi connectivity index (χ1) is 12.9. The van der Waals surface area contributed by atoms with E-state index >= 15 is 0 Å². The van der Waals surface area contributed by atoms with Crippen LogP contribution in [0.3, 0.4) is 0 Å². The minimum atomic E-state index is -0.856. The third kappa shape index (κ3) is 1.75. The number of hydrogen-bond acceptors (Lipinski definition) is 3. The standard InChI is InChI=1S/C23H28NO3/c1-3-15-6-7-16-12-18-23(26)9-8-17(25)21-22(23,19(16)20(15)27-21)10-11-24(18,2)13-14-4-5-14/h3,6-7,14,18,21,26H,1,4-5,8-13H2,2H3/q+1/t18-,21+,22+,23-,24?/m1/s1. The molecule has 4 heteroatoms. The smallest absolute Gasteiger partial charge is 0.174 e. The zero-order valence-electron chi connectivity index (χ0n) is 16.0. The SMILES string of the molecule is C=Cc1ccc2c3c1O[C@H]1C(=O)CC[C@@]4(O)[C@@H](C2)[N+](C)(CC2CC2)CC[C@]314. The summed E-state index contributed by atoms with van der Waals surface area (Å²) in [6.45, 7) is 6.12. The second-order valence-corrected chi connectivity index (χ2v) is 9.88. The number of nitrogens with zero attached hydrogens (tertiary/aromatic N) is 1. The van der Waals surface area contributed by atoms with Crippen LogP contribution in [0.1, 0.15) is 48.8 Å². The lowest BCUT2D eigenvalue weighted by Gasteiger charge is -2.64. The van der Waals surface area contributed by atoms with Crippen molar-refractivity contribution in [3.63, 3.8) is 0 Å². The number of piperidine rings is 1. The van der Waals surface area contributed by atoms with Crippen LogP contribution in [0.5, 0.6) is 5.75 Å². The molecule has 27 heavy (non-hydrogen) atoms. The third-order valence-corrected chi connectivity index (χ3v) is 8.55. The van der Waals surface area contributed by atoms with Crippen LogP contribution in [-0.2, 0) is 16.6 Å². The van der Waals surface area contributed by atoms with Crippen molar-refractivity contribution in [1.82, 2.24) is 0 Å². The Morgan fingerprint density at radius 3 is 2.93 bits per heavy atom. The van der Waals surface area contributed by atoms with Gasteiger partial charge in [-0.05, 0) is 24.8 Å². The number of likely N-dealkylation sites (tertiary alicyclic amines) is 1. The zero-order chi connectivity index (χ0) is 18.6. The Hall–Kier alpha value is -1.65. The highest BCUT2D eigenvalue weighted by Crippen LogP contribution is 2.65. The van der Waals surface area contributed by atoms with Gasteiger partial charge in [0.05, 0.1) is 25.6 Å². The van der Waals surface area contributed by atoms with Crippen LogP contribution in [0.4, 0.5) is 0 Å². The quantitative estimate of drug-likeness (QED) is 0.837. The van der Waals surface area contributed by atoms with Crippen molar-refractivity contribution in [1.29, 1.82) is 0 Å². The largest absolute Gasteiger partial charge is 0.481 e. The van der Waals surface area contributed by atoms with Crippen molar-refractivity contribution in [2.75, 3.05) is 20.1 Å². The van der Waals surface area contributed by atoms with Gasteiger partial charge in [-0.2, -0.15) is 0 Å². The molecule has 0 radical (unpaired) electrons. The Balaban J connectivity index is 1.61. The molecule has 4 nitrogen and oxygen atoms in total. The predicted molar refractivity (Wildman–Crippen MR) is 103 cm³/mol. The van der Waals surface area contributed by atoms with E-state index in [1.54, 1.807) is 0 Å². The Bertz CT molecular complexity index is 890. The van der Waals surface area contributed by atoms with Gasteiger partial charge in [-0.1, -0.05) is 24.8 Å². The van der Waals surface area contributed by atoms with Gasteiger partial charge in [-0.15, -0.1) is 0 Å². The molecule has 2 bridgehead atoms. The number of Topliss-reactive ketones (excluding diaryl/α,β-unsaturated/α-hetero) is 1. The second-order valence-electron chi connectivity index (χ2n) is 9.88. The number of benzene rings is 1. The first-order valence-electron chi connectivity index (χ1n) is 10.5. The Morgan fingerprint density at radius 1 is 1.37 bits per heavy atom. The molecular weight excluding hydrogens is 338 g/mol. The van der Waals surface area contributed by atoms with Crippen LogP contribution in [0.2, 0.25) is 0 Å². The van der Waals surface area contributed by atoms with E-state index in [-0.39, 0.29) is 11.8 Å². The maximum Gasteiger partial charge on any atom is 0.174 e. The van der Waals surface area contributed by atoms with Gasteiger partial charge in [0.1, 0.15) is 17.4 Å². The monoisotopic (exact) mass is 366 g/mol. The number of quaternary nitrogens is 1. The summed E-state index contributed by atoms with van der Waals surface area (Å²) < 4.78 is 7.30. The molecule has 2 heterocycles. The van der Waals surface area contributed by atoms with Gasteiger partial charge in [0, 0.05) is 36.3 Å². The summed E-state index contributed by atoms with van der Waals surface area (Å²) in [4.78, 5) is 12.9. The number of carbonyl (C=O) groups is 1. The van der Waals surface area contributed by atoms with Crippen LogP contribution in [-0.4, -0.2) is 53.3 Å². The molecule has 3 aliphatic carbocycles. The molecule has 1 unspecified atom stereocenters. The van der Waals surface area contributed by atoms with Crippen molar-refractivity contribution in [2.45, 2.75) is 61.7 Å². The summed E-state index contributed by atoms with van der Waals surface area (Å²) in [5, 5.41) is 12.3. The highest BCUT2D eigenvalue weighted by atomic mass is 16.5. The van der Waals surface area contributed by atoms with Crippen LogP contribution in [0, 0.1) is 5.92 Å². The number of hydrogen-bond donors (Lipinski definition) is 1. The second kappa shape index (κ2) is 4.84. The summed E-state index contributed by atoms with van der Waals surface area (Å²) in [5.74, 6) is 1.79. The molecule has 1 saturated heterocycles. The first-order valence-corrected chi connectivity index (χ1v) is 10.5. The minimum Gasteiger partial charge on any atom is -0.481 e. The Kier molecular flexibility index (Phi) is 2.93. The Labute approximate surface area is 160 Å². The highest BCUT2D eigenvalue weighted by molar-refractivity contribution is 5.90. The Morgan fingerprint density at radius 2 is 2.19 bits per heavy atom. The molecule has 0 amide bonds. The van der Waals surface area contributed by atoms with Gasteiger partial charge >= 0.3 is 0 Å². The lowest BCUT2D eigenvalue weighted by atomic mass is 9.48. The number of likely N-dealkylation sites (N-methyl/N-ethyl adjacent to an activating group) is 1. The molecule has 1 spiro atoms. The van der Waals surface area contributed by atoms with E-state index in [1.165, 1.54) is 18.4 Å². The molecule has 5 aliphatic rings. The molecule has 1 N–H and O–H groups in total. The number of carbonyl (C=O) groups excluding carboxylic acids is 1. The van der Waals surface area contributed by atoms with Gasteiger partial charge in [0.25, 0.3) is 0 Å². The molecule has 2 aliphatic heterocycles. The fourth-order valence-corrected chi connectivity index (χ4v) is 7.13. The van der Waals surface area contributed by atoms with Crippen molar-refractivity contribution < 1.29 is 19.1 Å². The van der Waals surface area contributed by atoms with E-state index in [9.17, 15) is 9.90 Å². The fourth-order valence-electron chi connectivity index (χ4n) is 7.13. The third-order valence-electron chi connectivity index (χ3n) is 8.55. The van der Waals surface area contributed by atoms with E-state index in [1.807, 2.05) is 6.08 Å². The summed E-state index contributed by atoms with van der Waals surface area (Å²) in [6, 6.07) is 4.42. The van der Waals surface area contributed by atoms with Gasteiger partial charge in [0.15, 0.2) is 11.9 Å². The first kappa shape index (κ1) is 16.3. The molecule has 1 aromatic carbocycles. The van der Waals surface area contributed by atoms with Crippen molar-refractivity contribution in [3.8, 4) is 5.75 Å². The number of ether oxygens (including phenoxy) is 1. The zero-order valence-corrected chi connectivity index (χ0v) is 16.0. The van der Waals surface area contributed by atoms with Crippen molar-refractivity contribution >= 4 is 11.9 Å². The van der Waals surface area contributed by atoms with Gasteiger partial charge in [-0.25, -0.2) is 0 Å². The highest BCUT2D eigenvalue weighted by Gasteiger charge is 2.76. The maximum absolute atomic E-state index is 12.9. The van der Waals surface area contributed by atoms with Crippen molar-refractivity contribution in [3.05, 3.63) is 35.4 Å². The molecule has 142 valence electrons. The molecule has 6 rings (SSSR count). The van der Waals surface area contributed by atoms with Gasteiger partial charge in [-0.3, -0.25) is 4.79 Å². The van der Waals surface area contributed by atoms with E-state index in [4.69, 9.17) is 4.74 Å². The lowest BCUT2D eigenvalue weighted by Crippen LogP contribution is -2.80. The van der Waals surface area contributed by atoms with Crippen LogP contribution < -0.4 is 4.74 Å². The average molecular weight is 366 g/mol. The van der Waals surface area contributed by atoms with E-state index in [0.717, 1.165) is 53.2 Å². The molecule has 2 saturated carbocycles. The van der Waals surface area contributed by atoms with Crippen LogP contribution in [0.25, 0.3) is 6.08 Å². The lowest BCUT2D eigenvalue weighted by molar-refractivity contribution is -0.950. The number of rotatable bonds is 3. The maximum atomic E-state index is 12.9. The van der Waals surface area contributed by atoms with Crippen LogP contribution >= 0.6 is 0 Å². The number of ketones is 1. The van der Waals surface area contributed by atoms with Crippen LogP contribution in [0.15, 0.2) is 18.7 Å². The fraction of sp³-hybridized carbons (Fsp3) is 0.609. The average Bonchev–Trinajstić information content (AvgIpc) is 3.37. The summed E-state index contributed by atoms with van der Waals surface area (Å²) in [5.41, 5.74) is 1.95. The molecule has 1 aromatic rings.